The number of aromatic nitrogens is 3. The minimum Gasteiger partial charge on any atom is -0.293 e. The quantitative estimate of drug-likeness (QED) is 0.785. The number of nitriles is 1. The molecule has 0 unspecified atom stereocenters. The third-order valence-electron chi connectivity index (χ3n) is 3.79. The zero-order valence-electron chi connectivity index (χ0n) is 12.4. The highest BCUT2D eigenvalue weighted by molar-refractivity contribution is 6.31. The molecule has 0 atom stereocenters. The topological polar surface area (TPSA) is 73.9 Å². The lowest BCUT2D eigenvalue weighted by atomic mass is 10.0. The van der Waals surface area contributed by atoms with Crippen molar-refractivity contribution in [2.45, 2.75) is 20.3 Å². The molecule has 0 radical (unpaired) electrons. The summed E-state index contributed by atoms with van der Waals surface area (Å²) < 4.78 is 15.2. The summed E-state index contributed by atoms with van der Waals surface area (Å²) in [5, 5.41) is 12.3. The second kappa shape index (κ2) is 5.52. The molecule has 0 aliphatic carbocycles. The number of hydrogen-bond donors (Lipinski definition) is 1. The first kappa shape index (κ1) is 15.3. The van der Waals surface area contributed by atoms with Crippen LogP contribution in [0.2, 0.25) is 5.02 Å². The molecule has 0 bridgehead atoms. The van der Waals surface area contributed by atoms with Crippen LogP contribution < -0.4 is 5.56 Å². The van der Waals surface area contributed by atoms with Crippen molar-refractivity contribution in [3.8, 4) is 6.07 Å². The Balaban J connectivity index is 2.24. The number of benzene rings is 1. The van der Waals surface area contributed by atoms with Crippen LogP contribution in [-0.2, 0) is 6.42 Å². The molecule has 5 nitrogen and oxygen atoms in total. The van der Waals surface area contributed by atoms with E-state index in [0.29, 0.717) is 22.5 Å². The fourth-order valence-electron chi connectivity index (χ4n) is 2.54. The Morgan fingerprint density at radius 3 is 2.78 bits per heavy atom. The average Bonchev–Trinajstić information content (AvgIpc) is 2.81. The predicted octanol–water partition coefficient (Wildman–Crippen LogP) is 2.89. The molecule has 116 valence electrons. The van der Waals surface area contributed by atoms with Crippen molar-refractivity contribution in [2.75, 3.05) is 0 Å². The summed E-state index contributed by atoms with van der Waals surface area (Å²) in [6, 6.07) is 6.41. The van der Waals surface area contributed by atoms with Gasteiger partial charge < -0.3 is 0 Å². The van der Waals surface area contributed by atoms with Crippen LogP contribution in [0.3, 0.4) is 0 Å². The molecule has 23 heavy (non-hydrogen) atoms. The second-order valence-electron chi connectivity index (χ2n) is 5.24. The molecule has 1 N–H and O–H groups in total. The maximum atomic E-state index is 14.0. The molecule has 3 aromatic rings. The number of aromatic amines is 1. The van der Waals surface area contributed by atoms with E-state index in [9.17, 15) is 14.4 Å². The van der Waals surface area contributed by atoms with Crippen LogP contribution >= 0.6 is 11.6 Å². The molecule has 0 aliphatic rings. The number of hydrogen-bond acceptors (Lipinski definition) is 3. The summed E-state index contributed by atoms with van der Waals surface area (Å²) in [7, 11) is 0. The van der Waals surface area contributed by atoms with E-state index in [4.69, 9.17) is 11.6 Å². The van der Waals surface area contributed by atoms with E-state index in [1.165, 1.54) is 16.6 Å². The van der Waals surface area contributed by atoms with Crippen LogP contribution in [-0.4, -0.2) is 14.6 Å². The van der Waals surface area contributed by atoms with Gasteiger partial charge in [0.15, 0.2) is 5.65 Å². The molecule has 0 aliphatic heterocycles. The first-order valence-electron chi connectivity index (χ1n) is 6.87. The number of nitrogens with one attached hydrogen (secondary N) is 1. The molecule has 3 rings (SSSR count). The third-order valence-corrected chi connectivity index (χ3v) is 4.14. The van der Waals surface area contributed by atoms with Crippen molar-refractivity contribution in [3.63, 3.8) is 0 Å². The zero-order chi connectivity index (χ0) is 16.7. The number of halogens is 2. The van der Waals surface area contributed by atoms with E-state index in [2.05, 4.69) is 10.1 Å². The number of aryl methyl sites for hydroxylation is 2. The lowest BCUT2D eigenvalue weighted by molar-refractivity contribution is 0.613. The molecule has 7 heteroatoms. The third kappa shape index (κ3) is 2.39. The van der Waals surface area contributed by atoms with E-state index < -0.39 is 5.82 Å². The molecular formula is C16H12ClFN4O. The first-order valence-corrected chi connectivity index (χ1v) is 7.25. The van der Waals surface area contributed by atoms with Gasteiger partial charge in [0.25, 0.3) is 5.56 Å². The number of H-pyrrole nitrogens is 1. The van der Waals surface area contributed by atoms with Gasteiger partial charge >= 0.3 is 0 Å². The highest BCUT2D eigenvalue weighted by atomic mass is 35.5. The van der Waals surface area contributed by atoms with E-state index >= 15 is 0 Å². The Morgan fingerprint density at radius 1 is 1.39 bits per heavy atom. The molecular weight excluding hydrogens is 319 g/mol. The Bertz CT molecular complexity index is 1010. The number of rotatable bonds is 2. The first-order chi connectivity index (χ1) is 10.9. The Morgan fingerprint density at radius 2 is 2.13 bits per heavy atom. The average molecular weight is 331 g/mol. The van der Waals surface area contributed by atoms with Gasteiger partial charge in [0.1, 0.15) is 17.4 Å². The molecule has 0 amide bonds. The van der Waals surface area contributed by atoms with E-state index in [0.717, 1.165) is 0 Å². The minimum absolute atomic E-state index is 0.0338. The van der Waals surface area contributed by atoms with Crippen LogP contribution in [0.25, 0.3) is 5.65 Å². The summed E-state index contributed by atoms with van der Waals surface area (Å²) in [6.07, 6.45) is 0.0338. The summed E-state index contributed by atoms with van der Waals surface area (Å²) >= 11 is 6.03. The highest BCUT2D eigenvalue weighted by Gasteiger charge is 2.18. The SMILES string of the molecule is Cc1nc2c(C#N)c(C)[nH]n2c(=O)c1Cc1c(F)cccc1Cl. The molecule has 0 saturated heterocycles. The molecule has 2 heterocycles. The number of nitrogens with zero attached hydrogens (tertiary/aromatic N) is 3. The van der Waals surface area contributed by atoms with Crippen LogP contribution in [0.1, 0.15) is 28.1 Å². The van der Waals surface area contributed by atoms with Gasteiger partial charge in [-0.1, -0.05) is 17.7 Å². The van der Waals surface area contributed by atoms with E-state index in [1.54, 1.807) is 19.9 Å². The van der Waals surface area contributed by atoms with Gasteiger partial charge in [0, 0.05) is 28.3 Å². The Kier molecular flexibility index (Phi) is 3.66. The van der Waals surface area contributed by atoms with Gasteiger partial charge in [-0.2, -0.15) is 9.78 Å². The zero-order valence-corrected chi connectivity index (χ0v) is 13.2. The van der Waals surface area contributed by atoms with Gasteiger partial charge in [-0.25, -0.2) is 9.37 Å². The maximum Gasteiger partial charge on any atom is 0.276 e. The molecule has 0 spiro atoms. The summed E-state index contributed by atoms with van der Waals surface area (Å²) in [5.41, 5.74) is 1.82. The minimum atomic E-state index is -0.471. The lowest BCUT2D eigenvalue weighted by Gasteiger charge is -2.08. The van der Waals surface area contributed by atoms with Gasteiger partial charge in [-0.05, 0) is 26.0 Å². The Labute approximate surface area is 135 Å². The lowest BCUT2D eigenvalue weighted by Crippen LogP contribution is -2.22. The summed E-state index contributed by atoms with van der Waals surface area (Å²) in [6.45, 7) is 3.35. The van der Waals surface area contributed by atoms with Crippen molar-refractivity contribution in [2.24, 2.45) is 0 Å². The predicted molar refractivity (Wildman–Crippen MR) is 84.2 cm³/mol. The van der Waals surface area contributed by atoms with Crippen LogP contribution in [0.15, 0.2) is 23.0 Å². The fourth-order valence-corrected chi connectivity index (χ4v) is 2.77. The monoisotopic (exact) mass is 330 g/mol. The van der Waals surface area contributed by atoms with Gasteiger partial charge in [0.05, 0.1) is 5.69 Å². The van der Waals surface area contributed by atoms with Crippen molar-refractivity contribution >= 4 is 17.2 Å². The molecule has 1 aromatic carbocycles. The Hall–Kier alpha value is -2.65. The molecule has 0 fully saturated rings. The van der Waals surface area contributed by atoms with Gasteiger partial charge in [-0.3, -0.25) is 9.89 Å². The smallest absolute Gasteiger partial charge is 0.276 e. The molecule has 2 aromatic heterocycles. The summed E-state index contributed by atoms with van der Waals surface area (Å²) in [5.74, 6) is -0.471. The van der Waals surface area contributed by atoms with Crippen LogP contribution in [0, 0.1) is 31.0 Å². The normalized spacial score (nSPS) is 10.9. The van der Waals surface area contributed by atoms with Crippen molar-refractivity contribution < 1.29 is 4.39 Å². The fraction of sp³-hybridized carbons (Fsp3) is 0.188. The standard InChI is InChI=1S/C16H12ClFN4O/c1-8-10(6-11-13(17)4-3-5-14(11)18)16(23)22-15(20-8)12(7-19)9(2)21-22/h3-5,21H,6H2,1-2H3. The van der Waals surface area contributed by atoms with E-state index in [1.807, 2.05) is 6.07 Å². The van der Waals surface area contributed by atoms with Gasteiger partial charge in [-0.15, -0.1) is 0 Å². The maximum absolute atomic E-state index is 14.0. The van der Waals surface area contributed by atoms with Crippen LogP contribution in [0.5, 0.6) is 0 Å². The van der Waals surface area contributed by atoms with Gasteiger partial charge in [0.2, 0.25) is 0 Å². The largest absolute Gasteiger partial charge is 0.293 e. The van der Waals surface area contributed by atoms with Crippen molar-refractivity contribution in [3.05, 3.63) is 67.5 Å². The highest BCUT2D eigenvalue weighted by Crippen LogP contribution is 2.22. The van der Waals surface area contributed by atoms with Crippen molar-refractivity contribution in [1.82, 2.24) is 14.6 Å². The van der Waals surface area contributed by atoms with E-state index in [-0.39, 0.29) is 28.2 Å². The van der Waals surface area contributed by atoms with Crippen LogP contribution in [0.4, 0.5) is 4.39 Å². The second-order valence-corrected chi connectivity index (χ2v) is 5.65. The summed E-state index contributed by atoms with van der Waals surface area (Å²) in [4.78, 5) is 17.0. The molecule has 0 saturated carbocycles. The number of fused-ring (bicyclic) bond motifs is 1. The van der Waals surface area contributed by atoms with Crippen molar-refractivity contribution in [1.29, 1.82) is 5.26 Å².